The minimum atomic E-state index is -0.614. The zero-order chi connectivity index (χ0) is 32.5. The van der Waals surface area contributed by atoms with Crippen molar-refractivity contribution >= 4 is 23.6 Å². The Balaban J connectivity index is 1.73. The Hall–Kier alpha value is -4.18. The van der Waals surface area contributed by atoms with Gasteiger partial charge in [-0.25, -0.2) is 9.48 Å². The van der Waals surface area contributed by atoms with Crippen LogP contribution in [0.5, 0.6) is 0 Å². The predicted octanol–water partition coefficient (Wildman–Crippen LogP) is 5.99. The molecule has 1 aliphatic rings. The Morgan fingerprint density at radius 1 is 1.04 bits per heavy atom. The van der Waals surface area contributed by atoms with Gasteiger partial charge in [0.25, 0.3) is 11.8 Å². The van der Waals surface area contributed by atoms with Crippen LogP contribution in [0.15, 0.2) is 48.5 Å². The lowest BCUT2D eigenvalue weighted by Crippen LogP contribution is -2.46. The predicted molar refractivity (Wildman–Crippen MR) is 175 cm³/mol. The molecule has 4 rings (SSSR count). The first kappa shape index (κ1) is 33.7. The molecule has 1 aliphatic heterocycles. The van der Waals surface area contributed by atoms with Crippen LogP contribution < -0.4 is 5.32 Å². The number of unbranched alkanes of at least 4 members (excludes halogenated alkanes) is 2. The molecule has 0 saturated heterocycles. The van der Waals surface area contributed by atoms with Crippen LogP contribution >= 0.6 is 0 Å². The Morgan fingerprint density at radius 3 is 2.38 bits per heavy atom. The van der Waals surface area contributed by atoms with Gasteiger partial charge in [0.2, 0.25) is 0 Å². The van der Waals surface area contributed by atoms with Crippen LogP contribution in [0.1, 0.15) is 91.0 Å². The van der Waals surface area contributed by atoms with Crippen LogP contribution in [0.2, 0.25) is 0 Å². The van der Waals surface area contributed by atoms with Crippen molar-refractivity contribution in [3.05, 3.63) is 76.6 Å². The van der Waals surface area contributed by atoms with Crippen LogP contribution in [-0.4, -0.2) is 74.9 Å². The number of aliphatic hydroxyl groups excluding tert-OH is 1. The summed E-state index contributed by atoms with van der Waals surface area (Å²) in [7, 11) is 0. The van der Waals surface area contributed by atoms with Gasteiger partial charge in [-0.1, -0.05) is 64.8 Å². The van der Waals surface area contributed by atoms with E-state index in [0.29, 0.717) is 48.8 Å². The number of hydrogen-bond donors (Lipinski definition) is 2. The van der Waals surface area contributed by atoms with Crippen LogP contribution in [0.25, 0.3) is 5.69 Å². The van der Waals surface area contributed by atoms with Gasteiger partial charge in [0, 0.05) is 31.0 Å². The summed E-state index contributed by atoms with van der Waals surface area (Å²) in [5.41, 5.74) is 4.28. The second-order valence-electron chi connectivity index (χ2n) is 12.2. The second-order valence-corrected chi connectivity index (χ2v) is 12.2. The third-order valence-corrected chi connectivity index (χ3v) is 8.03. The fourth-order valence-electron chi connectivity index (χ4n) is 5.51. The van der Waals surface area contributed by atoms with Crippen molar-refractivity contribution in [1.29, 1.82) is 0 Å². The van der Waals surface area contributed by atoms with Crippen molar-refractivity contribution in [2.45, 2.75) is 79.3 Å². The number of aromatic nitrogens is 2. The van der Waals surface area contributed by atoms with E-state index in [4.69, 9.17) is 9.84 Å². The molecule has 10 heteroatoms. The molecule has 3 aromatic rings. The molecule has 2 heterocycles. The number of rotatable bonds is 13. The first-order chi connectivity index (χ1) is 21.7. The molecule has 2 N–H and O–H groups in total. The summed E-state index contributed by atoms with van der Waals surface area (Å²) < 4.78 is 6.92. The molecule has 3 amide bonds. The Labute approximate surface area is 266 Å². The maximum atomic E-state index is 14.4. The number of nitrogens with zero attached hydrogens (tertiary/aromatic N) is 4. The zero-order valence-corrected chi connectivity index (χ0v) is 27.2. The van der Waals surface area contributed by atoms with E-state index in [0.717, 1.165) is 36.8 Å². The van der Waals surface area contributed by atoms with Gasteiger partial charge in [-0.05, 0) is 67.5 Å². The van der Waals surface area contributed by atoms with Gasteiger partial charge in [-0.3, -0.25) is 14.9 Å². The van der Waals surface area contributed by atoms with Gasteiger partial charge < -0.3 is 19.6 Å². The number of nitrogens with one attached hydrogen (secondary N) is 1. The van der Waals surface area contributed by atoms with Crippen molar-refractivity contribution in [3.63, 3.8) is 0 Å². The van der Waals surface area contributed by atoms with E-state index in [-0.39, 0.29) is 36.5 Å². The summed E-state index contributed by atoms with van der Waals surface area (Å²) in [4.78, 5) is 44.0. The van der Waals surface area contributed by atoms with Crippen LogP contribution in [-0.2, 0) is 17.7 Å². The quantitative estimate of drug-likeness (QED) is 0.244. The summed E-state index contributed by atoms with van der Waals surface area (Å²) in [6, 6.07) is 14.3. The third kappa shape index (κ3) is 8.30. The van der Waals surface area contributed by atoms with Gasteiger partial charge in [0.15, 0.2) is 5.69 Å². The van der Waals surface area contributed by atoms with E-state index < -0.39 is 12.1 Å². The average Bonchev–Trinajstić information content (AvgIpc) is 3.43. The molecule has 10 nitrogen and oxygen atoms in total. The van der Waals surface area contributed by atoms with Gasteiger partial charge in [-0.2, -0.15) is 5.10 Å². The first-order valence-electron chi connectivity index (χ1n) is 16.1. The van der Waals surface area contributed by atoms with Crippen LogP contribution in [0.3, 0.4) is 0 Å². The standard InChI is InChI=1S/C35H47N5O5/c1-6-8-16-38(17-9-7-2)34(43)31-18-25(5)40(37-31)32-15-14-28(36-35(44)45-23-24(3)4)20-30(32)33(42)39-21-27-13-11-10-12-26(27)19-29(39)22-41/h10-15,18,20,24,29,41H,6-9,16-17,19,21-23H2,1-5H3,(H,36,44). The summed E-state index contributed by atoms with van der Waals surface area (Å²) in [5, 5.41) is 17.8. The lowest BCUT2D eigenvalue weighted by molar-refractivity contribution is 0.0544. The summed E-state index contributed by atoms with van der Waals surface area (Å²) in [6.45, 7) is 11.7. The van der Waals surface area contributed by atoms with Crippen molar-refractivity contribution in [1.82, 2.24) is 19.6 Å². The molecule has 242 valence electrons. The van der Waals surface area contributed by atoms with Crippen molar-refractivity contribution in [2.75, 3.05) is 31.6 Å². The number of carbonyl (C=O) groups is 3. The van der Waals surface area contributed by atoms with E-state index in [2.05, 4.69) is 19.2 Å². The molecular weight excluding hydrogens is 570 g/mol. The van der Waals surface area contributed by atoms with Gasteiger partial charge >= 0.3 is 6.09 Å². The summed E-state index contributed by atoms with van der Waals surface area (Å²) in [5.74, 6) is -0.272. The molecule has 45 heavy (non-hydrogen) atoms. The number of aliphatic hydroxyl groups is 1. The monoisotopic (exact) mass is 617 g/mol. The Kier molecular flexibility index (Phi) is 11.8. The van der Waals surface area contributed by atoms with Crippen LogP contribution in [0.4, 0.5) is 10.5 Å². The summed E-state index contributed by atoms with van der Waals surface area (Å²) in [6.07, 6.45) is 3.70. The fraction of sp³-hybridized carbons (Fsp3) is 0.486. The molecule has 0 saturated carbocycles. The van der Waals surface area contributed by atoms with Crippen LogP contribution in [0, 0.1) is 12.8 Å². The molecule has 0 spiro atoms. The maximum Gasteiger partial charge on any atom is 0.411 e. The number of aryl methyl sites for hydroxylation is 1. The largest absolute Gasteiger partial charge is 0.449 e. The minimum absolute atomic E-state index is 0.134. The molecule has 1 unspecified atom stereocenters. The maximum absolute atomic E-state index is 14.4. The van der Waals surface area contributed by atoms with E-state index >= 15 is 0 Å². The average molecular weight is 618 g/mol. The number of ether oxygens (including phenoxy) is 1. The summed E-state index contributed by atoms with van der Waals surface area (Å²) >= 11 is 0. The van der Waals surface area contributed by atoms with Gasteiger partial charge in [0.05, 0.1) is 30.5 Å². The molecule has 0 fully saturated rings. The smallest absolute Gasteiger partial charge is 0.411 e. The molecule has 2 aromatic carbocycles. The number of hydrogen-bond acceptors (Lipinski definition) is 6. The number of amides is 3. The number of benzene rings is 2. The highest BCUT2D eigenvalue weighted by atomic mass is 16.5. The van der Waals surface area contributed by atoms with Crippen molar-refractivity contribution in [2.24, 2.45) is 5.92 Å². The van der Waals surface area contributed by atoms with E-state index in [1.165, 1.54) is 0 Å². The highest BCUT2D eigenvalue weighted by molar-refractivity contribution is 6.00. The fourth-order valence-corrected chi connectivity index (χ4v) is 5.51. The van der Waals surface area contributed by atoms with E-state index in [1.807, 2.05) is 49.9 Å². The molecule has 1 aromatic heterocycles. The SMILES string of the molecule is CCCCN(CCCC)C(=O)c1cc(C)n(-c2ccc(NC(=O)OCC(C)C)cc2C(=O)N2Cc3ccccc3CC2CO)n1. The third-order valence-electron chi connectivity index (χ3n) is 8.03. The number of fused-ring (bicyclic) bond motifs is 1. The van der Waals surface area contributed by atoms with E-state index in [1.54, 1.807) is 33.8 Å². The molecule has 0 aliphatic carbocycles. The normalized spacial score (nSPS) is 14.3. The molecule has 0 radical (unpaired) electrons. The topological polar surface area (TPSA) is 117 Å². The number of anilines is 1. The zero-order valence-electron chi connectivity index (χ0n) is 27.2. The van der Waals surface area contributed by atoms with Crippen molar-refractivity contribution in [3.8, 4) is 5.69 Å². The first-order valence-corrected chi connectivity index (χ1v) is 16.1. The lowest BCUT2D eigenvalue weighted by atomic mass is 9.93. The number of carbonyl (C=O) groups excluding carboxylic acids is 3. The van der Waals surface area contributed by atoms with Gasteiger partial charge in [-0.15, -0.1) is 0 Å². The Morgan fingerprint density at radius 2 is 1.73 bits per heavy atom. The van der Waals surface area contributed by atoms with Gasteiger partial charge in [0.1, 0.15) is 0 Å². The molecular formula is C35H47N5O5. The highest BCUT2D eigenvalue weighted by Gasteiger charge is 2.32. The molecule has 1 atom stereocenters. The molecule has 0 bridgehead atoms. The highest BCUT2D eigenvalue weighted by Crippen LogP contribution is 2.29. The minimum Gasteiger partial charge on any atom is -0.449 e. The lowest BCUT2D eigenvalue weighted by Gasteiger charge is -2.36. The van der Waals surface area contributed by atoms with Crippen molar-refractivity contribution < 1.29 is 24.2 Å². The second kappa shape index (κ2) is 15.7. The Bertz CT molecular complexity index is 1470. The van der Waals surface area contributed by atoms with E-state index in [9.17, 15) is 19.5 Å².